The molecule has 1 aliphatic rings. The van der Waals surface area contributed by atoms with E-state index in [4.69, 9.17) is 4.74 Å². The predicted molar refractivity (Wildman–Crippen MR) is 112 cm³/mol. The largest absolute Gasteiger partial charge is 0.467 e. The normalized spacial score (nSPS) is 20.8. The fraction of sp³-hybridized carbons (Fsp3) is 0.364. The molecule has 0 unspecified atom stereocenters. The molecule has 2 aromatic rings. The Morgan fingerprint density at radius 3 is 2.29 bits per heavy atom. The van der Waals surface area contributed by atoms with Gasteiger partial charge in [-0.25, -0.2) is 4.79 Å². The van der Waals surface area contributed by atoms with Crippen molar-refractivity contribution in [1.29, 1.82) is 0 Å². The third-order valence-electron chi connectivity index (χ3n) is 4.85. The van der Waals surface area contributed by atoms with Crippen LogP contribution in [0.4, 0.5) is 0 Å². The molecule has 1 amide bonds. The summed E-state index contributed by atoms with van der Waals surface area (Å²) in [4.78, 5) is 27.4. The number of hydrogen-bond donors (Lipinski definition) is 1. The first kappa shape index (κ1) is 20.4. The molecule has 0 aliphatic carbocycles. The Kier molecular flexibility index (Phi) is 6.42. The van der Waals surface area contributed by atoms with E-state index in [1.165, 1.54) is 7.11 Å². The third-order valence-corrected chi connectivity index (χ3v) is 6.40. The van der Waals surface area contributed by atoms with Crippen molar-refractivity contribution < 1.29 is 14.3 Å². The van der Waals surface area contributed by atoms with Crippen LogP contribution >= 0.6 is 11.8 Å². The van der Waals surface area contributed by atoms with Gasteiger partial charge in [-0.3, -0.25) is 4.79 Å². The number of methoxy groups -OCH3 is 1. The molecule has 1 heterocycles. The van der Waals surface area contributed by atoms with Crippen LogP contribution in [0.1, 0.15) is 30.3 Å². The maximum atomic E-state index is 13.2. The van der Waals surface area contributed by atoms with E-state index in [-0.39, 0.29) is 23.8 Å². The van der Waals surface area contributed by atoms with E-state index in [9.17, 15) is 9.59 Å². The number of carbonyl (C=O) groups is 2. The van der Waals surface area contributed by atoms with Crippen LogP contribution in [0.3, 0.4) is 0 Å². The van der Waals surface area contributed by atoms with Gasteiger partial charge in [0, 0.05) is 11.3 Å². The van der Waals surface area contributed by atoms with Crippen molar-refractivity contribution in [3.8, 4) is 0 Å². The fourth-order valence-corrected chi connectivity index (χ4v) is 5.07. The van der Waals surface area contributed by atoms with Gasteiger partial charge in [-0.1, -0.05) is 60.7 Å². The number of thioether (sulfide) groups is 1. The molecule has 1 N–H and O–H groups in total. The van der Waals surface area contributed by atoms with Crippen LogP contribution in [-0.2, 0) is 20.9 Å². The molecular formula is C22H26N2O3S. The van der Waals surface area contributed by atoms with E-state index in [1.807, 2.05) is 74.5 Å². The molecule has 6 heteroatoms. The minimum Gasteiger partial charge on any atom is -0.467 e. The van der Waals surface area contributed by atoms with E-state index in [1.54, 1.807) is 16.7 Å². The summed E-state index contributed by atoms with van der Waals surface area (Å²) >= 11 is 1.62. The number of rotatable bonds is 6. The molecule has 0 spiro atoms. The maximum Gasteiger partial charge on any atom is 0.330 e. The Hall–Kier alpha value is -2.31. The Bertz CT molecular complexity index is 811. The van der Waals surface area contributed by atoms with Crippen LogP contribution in [0.2, 0.25) is 0 Å². The lowest BCUT2D eigenvalue weighted by molar-refractivity contribution is -0.153. The number of nitrogens with zero attached hydrogens (tertiary/aromatic N) is 1. The third kappa shape index (κ3) is 4.39. The quantitative estimate of drug-likeness (QED) is 0.756. The van der Waals surface area contributed by atoms with Crippen LogP contribution in [0.15, 0.2) is 60.7 Å². The van der Waals surface area contributed by atoms with Gasteiger partial charge in [-0.2, -0.15) is 0 Å². The molecule has 1 saturated heterocycles. The van der Waals surface area contributed by atoms with Crippen LogP contribution in [0.25, 0.3) is 0 Å². The van der Waals surface area contributed by atoms with Crippen LogP contribution in [0, 0.1) is 0 Å². The Balaban J connectivity index is 1.81. The zero-order chi connectivity index (χ0) is 20.1. The van der Waals surface area contributed by atoms with Crippen molar-refractivity contribution >= 4 is 23.6 Å². The van der Waals surface area contributed by atoms with E-state index < -0.39 is 10.8 Å². The zero-order valence-corrected chi connectivity index (χ0v) is 17.2. The molecule has 0 radical (unpaired) electrons. The van der Waals surface area contributed by atoms with E-state index in [2.05, 4.69) is 5.32 Å². The highest BCUT2D eigenvalue weighted by molar-refractivity contribution is 8.01. The highest BCUT2D eigenvalue weighted by Gasteiger charge is 2.53. The Labute approximate surface area is 170 Å². The average molecular weight is 399 g/mol. The topological polar surface area (TPSA) is 58.6 Å². The number of ether oxygens (including phenoxy) is 1. The minimum absolute atomic E-state index is 0.113. The highest BCUT2D eigenvalue weighted by atomic mass is 32.2. The number of nitrogens with one attached hydrogen (secondary N) is 1. The fourth-order valence-electron chi connectivity index (χ4n) is 3.51. The number of esters is 1. The van der Waals surface area contributed by atoms with Crippen molar-refractivity contribution in [2.45, 2.75) is 36.6 Å². The smallest absolute Gasteiger partial charge is 0.330 e. The summed E-state index contributed by atoms with van der Waals surface area (Å²) in [6.45, 7) is 4.72. The molecule has 3 rings (SSSR count). The second-order valence-electron chi connectivity index (χ2n) is 7.30. The predicted octanol–water partition coefficient (Wildman–Crippen LogP) is 3.37. The molecule has 2 atom stereocenters. The van der Waals surface area contributed by atoms with Gasteiger partial charge in [0.1, 0.15) is 11.4 Å². The van der Waals surface area contributed by atoms with Gasteiger partial charge < -0.3 is 15.0 Å². The molecule has 1 aliphatic heterocycles. The first-order chi connectivity index (χ1) is 13.4. The van der Waals surface area contributed by atoms with Crippen molar-refractivity contribution in [2.24, 2.45) is 0 Å². The summed E-state index contributed by atoms with van der Waals surface area (Å²) in [6, 6.07) is 19.1. The van der Waals surface area contributed by atoms with Gasteiger partial charge >= 0.3 is 5.97 Å². The van der Waals surface area contributed by atoms with Crippen LogP contribution in [0.5, 0.6) is 0 Å². The van der Waals surface area contributed by atoms with E-state index in [0.717, 1.165) is 11.1 Å². The summed E-state index contributed by atoms with van der Waals surface area (Å²) in [6.07, 6.45) is 0. The van der Waals surface area contributed by atoms with Crippen LogP contribution < -0.4 is 5.32 Å². The first-order valence-corrected chi connectivity index (χ1v) is 10.2. The number of carbonyl (C=O) groups excluding carboxylic acids is 2. The second kappa shape index (κ2) is 8.80. The standard InChI is InChI=1S/C22H26N2O3S/c1-22(2)19(21(26)27-3)24(20(28-22)17-12-8-5-9-13-17)18(25)15-23-14-16-10-6-4-7-11-16/h4-13,19-20,23H,14-15H2,1-3H3/t19-,20+/m0/s1. The van der Waals surface area contributed by atoms with Gasteiger partial charge in [0.25, 0.3) is 0 Å². The van der Waals surface area contributed by atoms with Gasteiger partial charge in [0.05, 0.1) is 13.7 Å². The second-order valence-corrected chi connectivity index (χ2v) is 9.03. The molecule has 28 heavy (non-hydrogen) atoms. The Morgan fingerprint density at radius 2 is 1.68 bits per heavy atom. The number of amides is 1. The summed E-state index contributed by atoms with van der Waals surface area (Å²) in [5, 5.41) is 2.97. The molecule has 2 aromatic carbocycles. The first-order valence-electron chi connectivity index (χ1n) is 9.30. The lowest BCUT2D eigenvalue weighted by Crippen LogP contribution is -2.51. The SMILES string of the molecule is COC(=O)[C@@H]1N(C(=O)CNCc2ccccc2)[C@@H](c2ccccc2)SC1(C)C. The molecule has 148 valence electrons. The molecule has 0 aromatic heterocycles. The van der Waals surface area contributed by atoms with Crippen molar-refractivity contribution in [3.05, 3.63) is 71.8 Å². The molecule has 0 saturated carbocycles. The van der Waals surface area contributed by atoms with Gasteiger partial charge in [0.2, 0.25) is 5.91 Å². The summed E-state index contributed by atoms with van der Waals surface area (Å²) in [5.41, 5.74) is 2.11. The summed E-state index contributed by atoms with van der Waals surface area (Å²) < 4.78 is 4.59. The zero-order valence-electron chi connectivity index (χ0n) is 16.4. The number of benzene rings is 2. The highest BCUT2D eigenvalue weighted by Crippen LogP contribution is 2.52. The van der Waals surface area contributed by atoms with Gasteiger partial charge in [-0.05, 0) is 25.0 Å². The summed E-state index contributed by atoms with van der Waals surface area (Å²) in [7, 11) is 1.37. The minimum atomic E-state index is -0.640. The molecule has 0 bridgehead atoms. The van der Waals surface area contributed by atoms with E-state index in [0.29, 0.717) is 6.54 Å². The lowest BCUT2D eigenvalue weighted by Gasteiger charge is -2.31. The van der Waals surface area contributed by atoms with Crippen molar-refractivity contribution in [1.82, 2.24) is 10.2 Å². The van der Waals surface area contributed by atoms with E-state index >= 15 is 0 Å². The molecule has 5 nitrogen and oxygen atoms in total. The summed E-state index contributed by atoms with van der Waals surface area (Å²) in [5.74, 6) is -0.495. The molecule has 1 fully saturated rings. The van der Waals surface area contributed by atoms with Gasteiger partial charge in [-0.15, -0.1) is 11.8 Å². The van der Waals surface area contributed by atoms with Gasteiger partial charge in [0.15, 0.2) is 0 Å². The monoisotopic (exact) mass is 398 g/mol. The van der Waals surface area contributed by atoms with Crippen molar-refractivity contribution in [3.63, 3.8) is 0 Å². The Morgan fingerprint density at radius 1 is 1.07 bits per heavy atom. The number of hydrogen-bond acceptors (Lipinski definition) is 5. The lowest BCUT2D eigenvalue weighted by atomic mass is 10.0. The van der Waals surface area contributed by atoms with Crippen molar-refractivity contribution in [2.75, 3.05) is 13.7 Å². The average Bonchev–Trinajstić information content (AvgIpc) is 3.00. The maximum absolute atomic E-state index is 13.2. The van der Waals surface area contributed by atoms with Crippen LogP contribution in [-0.4, -0.2) is 41.2 Å². The molecular weight excluding hydrogens is 372 g/mol.